The molecule has 0 radical (unpaired) electrons. The predicted molar refractivity (Wildman–Crippen MR) is 284 cm³/mol. The van der Waals surface area contributed by atoms with Crippen LogP contribution in [0.15, 0.2) is 254 Å². The summed E-state index contributed by atoms with van der Waals surface area (Å²) in [5, 5.41) is 5.27. The van der Waals surface area contributed by atoms with E-state index in [0.717, 1.165) is 32.1 Å². The van der Waals surface area contributed by atoms with Crippen molar-refractivity contribution in [3.8, 4) is 0 Å². The summed E-state index contributed by atoms with van der Waals surface area (Å²) in [5.74, 6) is 0.277. The number of allylic oxidation sites excluding steroid dienone is 10. The van der Waals surface area contributed by atoms with Gasteiger partial charge < -0.3 is 0 Å². The molecule has 324 valence electrons. The van der Waals surface area contributed by atoms with Crippen molar-refractivity contribution >= 4 is 33.6 Å². The average molecular weight is 869 g/mol. The molecule has 8 aromatic carbocycles. The van der Waals surface area contributed by atoms with Crippen LogP contribution in [0.1, 0.15) is 68.0 Å². The van der Waals surface area contributed by atoms with Gasteiger partial charge in [-0.25, -0.2) is 0 Å². The maximum Gasteiger partial charge on any atom is 0.0222 e. The van der Waals surface area contributed by atoms with Gasteiger partial charge in [-0.2, -0.15) is 0 Å². The molecule has 0 saturated heterocycles. The molecule has 0 aromatic heterocycles. The Morgan fingerprint density at radius 2 is 1.00 bits per heavy atom. The molecular formula is C68H52. The topological polar surface area (TPSA) is 0 Å². The predicted octanol–water partition coefficient (Wildman–Crippen LogP) is 14.4. The molecule has 3 atom stereocenters. The quantitative estimate of drug-likeness (QED) is 0.143. The van der Waals surface area contributed by atoms with Crippen molar-refractivity contribution in [1.29, 1.82) is 0 Å². The standard InChI is InChI=1S/C68H52/c1-2-20-51(21-3-1)64-58-26-9-6-19-50(58)37-38-61(64)55-25-16-17-47(42-55)43-67-39-14-12-29-62(67)65(59-27-10-7-23-56(59)45-67)52-33-35-53(36-34-52)66-60-28-11-8-24-57(60)46-68(40-15-13-30-63(66)68)44-48-31-32-49-18-4-5-22-54(49)41-48/h1-37,39-42,61H,38,43-46H2. The highest BCUT2D eigenvalue weighted by molar-refractivity contribution is 5.92. The summed E-state index contributed by atoms with van der Waals surface area (Å²) >= 11 is 0. The molecule has 0 N–H and O–H groups in total. The highest BCUT2D eigenvalue weighted by Gasteiger charge is 2.41. The maximum absolute atomic E-state index is 2.52. The summed E-state index contributed by atoms with van der Waals surface area (Å²) in [7, 11) is 0. The first kappa shape index (κ1) is 40.5. The average Bonchev–Trinajstić information content (AvgIpc) is 3.39. The van der Waals surface area contributed by atoms with Gasteiger partial charge in [0, 0.05) is 16.7 Å². The van der Waals surface area contributed by atoms with Gasteiger partial charge in [-0.3, -0.25) is 0 Å². The third-order valence-corrected chi connectivity index (χ3v) is 15.7. The summed E-state index contributed by atoms with van der Waals surface area (Å²) in [6.45, 7) is 0. The van der Waals surface area contributed by atoms with Crippen LogP contribution in [0.5, 0.6) is 0 Å². The van der Waals surface area contributed by atoms with Gasteiger partial charge in [-0.1, -0.05) is 249 Å². The lowest BCUT2D eigenvalue weighted by Gasteiger charge is -2.41. The minimum Gasteiger partial charge on any atom is -0.0757 e. The Hall–Kier alpha value is -7.80. The summed E-state index contributed by atoms with van der Waals surface area (Å²) in [4.78, 5) is 0. The zero-order valence-corrected chi connectivity index (χ0v) is 38.3. The van der Waals surface area contributed by atoms with Crippen molar-refractivity contribution in [1.82, 2.24) is 0 Å². The normalized spacial score (nSPS) is 20.9. The highest BCUT2D eigenvalue weighted by atomic mass is 14.4. The van der Waals surface area contributed by atoms with Crippen LogP contribution >= 0.6 is 0 Å². The molecule has 0 spiro atoms. The van der Waals surface area contributed by atoms with Gasteiger partial charge in [-0.05, 0) is 137 Å². The summed E-state index contributed by atoms with van der Waals surface area (Å²) in [5.41, 5.74) is 20.1. The van der Waals surface area contributed by atoms with E-state index in [0.29, 0.717) is 0 Å². The Morgan fingerprint density at radius 3 is 1.68 bits per heavy atom. The fourth-order valence-electron chi connectivity index (χ4n) is 12.7. The molecule has 0 fully saturated rings. The number of hydrogen-bond donors (Lipinski definition) is 0. The molecular weight excluding hydrogens is 817 g/mol. The molecule has 5 aliphatic rings. The summed E-state index contributed by atoms with van der Waals surface area (Å²) in [6, 6.07) is 73.2. The number of hydrogen-bond acceptors (Lipinski definition) is 0. The van der Waals surface area contributed by atoms with Crippen LogP contribution in [-0.2, 0) is 25.7 Å². The fraction of sp³-hybridized carbons (Fsp3) is 0.118. The first-order chi connectivity index (χ1) is 33.6. The molecule has 0 saturated carbocycles. The minimum atomic E-state index is -0.193. The van der Waals surface area contributed by atoms with Gasteiger partial charge in [0.25, 0.3) is 0 Å². The monoisotopic (exact) mass is 868 g/mol. The molecule has 0 bridgehead atoms. The van der Waals surface area contributed by atoms with Crippen molar-refractivity contribution in [2.75, 3.05) is 0 Å². The lowest BCUT2D eigenvalue weighted by Crippen LogP contribution is -2.33. The Labute approximate surface area is 400 Å². The molecule has 0 heterocycles. The largest absolute Gasteiger partial charge is 0.0757 e. The van der Waals surface area contributed by atoms with Crippen molar-refractivity contribution in [2.45, 2.75) is 38.0 Å². The van der Waals surface area contributed by atoms with E-state index in [-0.39, 0.29) is 16.7 Å². The van der Waals surface area contributed by atoms with Crippen LogP contribution in [-0.4, -0.2) is 0 Å². The molecule has 5 aliphatic carbocycles. The van der Waals surface area contributed by atoms with Crippen molar-refractivity contribution in [3.63, 3.8) is 0 Å². The van der Waals surface area contributed by atoms with E-state index < -0.39 is 0 Å². The van der Waals surface area contributed by atoms with Gasteiger partial charge in [0.2, 0.25) is 0 Å². The van der Waals surface area contributed by atoms with Gasteiger partial charge in [0.05, 0.1) is 0 Å². The first-order valence-electron chi connectivity index (χ1n) is 24.5. The SMILES string of the molecule is C1=CC2=C(c3ccc(C4=C5C=CC=CC5(Cc5ccc6ccccc6c5)Cc5ccccc54)cc3)c3ccccc3CC2(Cc2cccc(C3CC=c4ccccc4=C3c3ccccc3)c2)C=C1. The van der Waals surface area contributed by atoms with Crippen LogP contribution in [0.3, 0.4) is 0 Å². The zero-order chi connectivity index (χ0) is 45.1. The van der Waals surface area contributed by atoms with E-state index in [4.69, 9.17) is 0 Å². The van der Waals surface area contributed by atoms with E-state index in [9.17, 15) is 0 Å². The second-order valence-electron chi connectivity index (χ2n) is 19.7. The second kappa shape index (κ2) is 16.5. The van der Waals surface area contributed by atoms with Gasteiger partial charge in [0.15, 0.2) is 0 Å². The van der Waals surface area contributed by atoms with Crippen LogP contribution in [0, 0.1) is 10.8 Å². The third kappa shape index (κ3) is 6.89. The number of rotatable bonds is 8. The summed E-state index contributed by atoms with van der Waals surface area (Å²) < 4.78 is 0. The Morgan fingerprint density at radius 1 is 0.426 bits per heavy atom. The van der Waals surface area contributed by atoms with Crippen LogP contribution in [0.25, 0.3) is 33.6 Å². The maximum atomic E-state index is 2.52. The molecule has 0 aliphatic heterocycles. The van der Waals surface area contributed by atoms with Gasteiger partial charge in [0.1, 0.15) is 0 Å². The van der Waals surface area contributed by atoms with Crippen molar-refractivity contribution < 1.29 is 0 Å². The Bertz CT molecular complexity index is 3640. The minimum absolute atomic E-state index is 0.149. The number of fused-ring (bicyclic) bond motifs is 6. The van der Waals surface area contributed by atoms with E-state index >= 15 is 0 Å². The third-order valence-electron chi connectivity index (χ3n) is 15.7. The fourth-order valence-corrected chi connectivity index (χ4v) is 12.7. The van der Waals surface area contributed by atoms with E-state index in [1.807, 2.05) is 0 Å². The molecule has 0 nitrogen and oxygen atoms in total. The zero-order valence-electron chi connectivity index (χ0n) is 38.3. The Kier molecular flexibility index (Phi) is 9.83. The van der Waals surface area contributed by atoms with Gasteiger partial charge >= 0.3 is 0 Å². The van der Waals surface area contributed by atoms with Crippen LogP contribution in [0.4, 0.5) is 0 Å². The molecule has 0 heteroatoms. The summed E-state index contributed by atoms with van der Waals surface area (Å²) in [6.07, 6.45) is 26.1. The van der Waals surface area contributed by atoms with E-state index in [1.165, 1.54) is 105 Å². The van der Waals surface area contributed by atoms with E-state index in [2.05, 4.69) is 249 Å². The molecule has 0 amide bonds. The number of benzene rings is 8. The molecule has 68 heavy (non-hydrogen) atoms. The van der Waals surface area contributed by atoms with Crippen LogP contribution < -0.4 is 10.4 Å². The second-order valence-corrected chi connectivity index (χ2v) is 19.7. The smallest absolute Gasteiger partial charge is 0.0222 e. The van der Waals surface area contributed by atoms with E-state index in [1.54, 1.807) is 0 Å². The highest BCUT2D eigenvalue weighted by Crippen LogP contribution is 2.53. The van der Waals surface area contributed by atoms with Crippen molar-refractivity contribution in [2.24, 2.45) is 10.8 Å². The molecule has 3 unspecified atom stereocenters. The first-order valence-corrected chi connectivity index (χ1v) is 24.5. The van der Waals surface area contributed by atoms with Crippen LogP contribution in [0.2, 0.25) is 0 Å². The van der Waals surface area contributed by atoms with Crippen molar-refractivity contribution in [3.05, 3.63) is 320 Å². The lowest BCUT2D eigenvalue weighted by molar-refractivity contribution is 0.455. The molecule has 8 aromatic rings. The Balaban J connectivity index is 0.896. The van der Waals surface area contributed by atoms with Gasteiger partial charge in [-0.15, -0.1) is 0 Å². The lowest BCUT2D eigenvalue weighted by atomic mass is 9.62. The molecule has 13 rings (SSSR count).